The summed E-state index contributed by atoms with van der Waals surface area (Å²) in [6.45, 7) is 4.58. The Morgan fingerprint density at radius 3 is 2.43 bits per heavy atom. The van der Waals surface area contributed by atoms with E-state index in [1.165, 1.54) is 23.5 Å². The number of benzene rings is 1. The number of hydrogen-bond donors (Lipinski definition) is 0. The van der Waals surface area contributed by atoms with Crippen molar-refractivity contribution in [1.29, 1.82) is 0 Å². The number of thioether (sulfide) groups is 2. The van der Waals surface area contributed by atoms with Crippen LogP contribution in [0.15, 0.2) is 48.1 Å². The van der Waals surface area contributed by atoms with Crippen molar-refractivity contribution in [2.24, 2.45) is 0 Å². The van der Waals surface area contributed by atoms with Crippen LogP contribution in [-0.4, -0.2) is 34.0 Å². The highest BCUT2D eigenvalue weighted by Crippen LogP contribution is 2.17. The van der Waals surface area contributed by atoms with Crippen molar-refractivity contribution in [2.75, 3.05) is 19.5 Å². The minimum atomic E-state index is 0.0937. The monoisotopic (exact) mass is 454 g/mol. The second-order valence-electron chi connectivity index (χ2n) is 5.63. The first-order valence-electron chi connectivity index (χ1n) is 8.98. The maximum atomic E-state index is 12.4. The van der Waals surface area contributed by atoms with Gasteiger partial charge in [-0.05, 0) is 48.9 Å². The third-order valence-electron chi connectivity index (χ3n) is 3.52. The van der Waals surface area contributed by atoms with Crippen LogP contribution >= 0.6 is 48.0 Å². The van der Waals surface area contributed by atoms with E-state index in [1.54, 1.807) is 7.11 Å². The molecule has 0 bridgehead atoms. The number of carbonyl (C=O) groups is 1. The van der Waals surface area contributed by atoms with Gasteiger partial charge in [-0.2, -0.15) is 0 Å². The van der Waals surface area contributed by atoms with Crippen LogP contribution in [0.1, 0.15) is 42.6 Å². The number of rotatable bonds is 10. The standard InChI is InChI=1S/C21H26O3S4/c1-4-7-16(14-27-20(25)23-3)8-6-9-19(22)18-12-10-17(11-13-18)15-28-21(26)24-5-2/h6-8,10-13H,4-5,9,14-15H2,1-3H3/b8-6-,16-7+. The number of carbonyl (C=O) groups excluding carboxylic acids is 1. The van der Waals surface area contributed by atoms with E-state index in [0.29, 0.717) is 27.4 Å². The fourth-order valence-electron chi connectivity index (χ4n) is 2.16. The molecule has 0 saturated heterocycles. The maximum absolute atomic E-state index is 12.4. The van der Waals surface area contributed by atoms with Gasteiger partial charge in [-0.3, -0.25) is 4.79 Å². The van der Waals surface area contributed by atoms with E-state index in [9.17, 15) is 4.79 Å². The van der Waals surface area contributed by atoms with Crippen LogP contribution in [0.25, 0.3) is 0 Å². The van der Waals surface area contributed by atoms with Gasteiger partial charge in [0.05, 0.1) is 13.7 Å². The summed E-state index contributed by atoms with van der Waals surface area (Å²) in [5.41, 5.74) is 2.96. The van der Waals surface area contributed by atoms with Gasteiger partial charge >= 0.3 is 0 Å². The Bertz CT molecular complexity index is 709. The molecule has 0 aromatic heterocycles. The molecule has 0 aliphatic heterocycles. The quantitative estimate of drug-likeness (QED) is 0.231. The van der Waals surface area contributed by atoms with E-state index in [4.69, 9.17) is 33.9 Å². The van der Waals surface area contributed by atoms with Crippen LogP contribution < -0.4 is 0 Å². The minimum absolute atomic E-state index is 0.0937. The topological polar surface area (TPSA) is 35.5 Å². The van der Waals surface area contributed by atoms with Gasteiger partial charge in [-0.15, -0.1) is 0 Å². The molecule has 0 spiro atoms. The van der Waals surface area contributed by atoms with Gasteiger partial charge in [-0.25, -0.2) is 0 Å². The smallest absolute Gasteiger partial charge is 0.220 e. The maximum Gasteiger partial charge on any atom is 0.220 e. The highest BCUT2D eigenvalue weighted by molar-refractivity contribution is 8.22. The first kappa shape index (κ1) is 24.9. The Morgan fingerprint density at radius 2 is 1.82 bits per heavy atom. The van der Waals surface area contributed by atoms with Gasteiger partial charge in [0.2, 0.25) is 8.77 Å². The van der Waals surface area contributed by atoms with E-state index >= 15 is 0 Å². The van der Waals surface area contributed by atoms with Crippen molar-refractivity contribution in [3.05, 3.63) is 59.2 Å². The Balaban J connectivity index is 2.54. The molecule has 1 rings (SSSR count). The fraction of sp³-hybridized carbons (Fsp3) is 0.381. The SMILES string of the molecule is CC/C=C(\C=C/CC(=O)c1ccc(CSC(=S)OCC)cc1)CSC(=S)OC. The molecule has 0 unspecified atom stereocenters. The summed E-state index contributed by atoms with van der Waals surface area (Å²) in [6.07, 6.45) is 7.32. The Labute approximate surface area is 187 Å². The van der Waals surface area contributed by atoms with Crippen LogP contribution in [0.5, 0.6) is 0 Å². The largest absolute Gasteiger partial charge is 0.482 e. The van der Waals surface area contributed by atoms with Gasteiger partial charge in [0.1, 0.15) is 0 Å². The van der Waals surface area contributed by atoms with Crippen molar-refractivity contribution in [3.63, 3.8) is 0 Å². The lowest BCUT2D eigenvalue weighted by atomic mass is 10.1. The van der Waals surface area contributed by atoms with Crippen molar-refractivity contribution < 1.29 is 14.3 Å². The van der Waals surface area contributed by atoms with E-state index in [-0.39, 0.29) is 5.78 Å². The molecule has 1 aromatic rings. The molecule has 0 N–H and O–H groups in total. The number of thiocarbonyl (C=S) groups is 2. The molecule has 3 nitrogen and oxygen atoms in total. The van der Waals surface area contributed by atoms with Gasteiger partial charge in [-0.1, -0.05) is 72.9 Å². The van der Waals surface area contributed by atoms with E-state index in [1.807, 2.05) is 43.3 Å². The molecule has 0 heterocycles. The summed E-state index contributed by atoms with van der Waals surface area (Å²) in [5, 5.41) is 0. The molecule has 0 radical (unpaired) electrons. The van der Waals surface area contributed by atoms with Crippen LogP contribution in [0, 0.1) is 0 Å². The van der Waals surface area contributed by atoms with Crippen molar-refractivity contribution >= 4 is 62.5 Å². The summed E-state index contributed by atoms with van der Waals surface area (Å²) in [4.78, 5) is 12.4. The lowest BCUT2D eigenvalue weighted by Crippen LogP contribution is -1.99. The number of methoxy groups -OCH3 is 1. The molecule has 0 fully saturated rings. The zero-order chi connectivity index (χ0) is 20.8. The summed E-state index contributed by atoms with van der Waals surface area (Å²) < 4.78 is 11.3. The molecule has 152 valence electrons. The predicted octanol–water partition coefficient (Wildman–Crippen LogP) is 6.37. The third-order valence-corrected chi connectivity index (χ3v) is 6.22. The number of allylic oxidation sites excluding steroid dienone is 3. The average molecular weight is 455 g/mol. The van der Waals surface area contributed by atoms with Crippen molar-refractivity contribution in [3.8, 4) is 0 Å². The molecule has 0 atom stereocenters. The van der Waals surface area contributed by atoms with Crippen molar-refractivity contribution in [2.45, 2.75) is 32.4 Å². The second-order valence-corrected chi connectivity index (χ2v) is 8.78. The molecule has 0 aliphatic carbocycles. The van der Waals surface area contributed by atoms with Crippen LogP contribution in [0.3, 0.4) is 0 Å². The Kier molecular flexibility index (Phi) is 13.1. The normalized spacial score (nSPS) is 11.5. The molecular weight excluding hydrogens is 428 g/mol. The van der Waals surface area contributed by atoms with Gasteiger partial charge in [0, 0.05) is 23.5 Å². The van der Waals surface area contributed by atoms with E-state index in [0.717, 1.165) is 29.1 Å². The first-order chi connectivity index (χ1) is 13.5. The molecule has 1 aromatic carbocycles. The Hall–Kier alpha value is -1.15. The average Bonchev–Trinajstić information content (AvgIpc) is 2.70. The first-order valence-corrected chi connectivity index (χ1v) is 11.8. The van der Waals surface area contributed by atoms with Crippen LogP contribution in [-0.2, 0) is 15.2 Å². The molecule has 0 aliphatic rings. The summed E-state index contributed by atoms with van der Waals surface area (Å²) in [5.74, 6) is 1.57. The molecular formula is C21H26O3S4. The van der Waals surface area contributed by atoms with Crippen LogP contribution in [0.2, 0.25) is 0 Å². The fourth-order valence-corrected chi connectivity index (χ4v) is 3.93. The predicted molar refractivity (Wildman–Crippen MR) is 130 cm³/mol. The summed E-state index contributed by atoms with van der Waals surface area (Å²) >= 11 is 13.1. The van der Waals surface area contributed by atoms with E-state index < -0.39 is 0 Å². The van der Waals surface area contributed by atoms with Gasteiger partial charge in [0.25, 0.3) is 0 Å². The number of hydrogen-bond acceptors (Lipinski definition) is 7. The van der Waals surface area contributed by atoms with Gasteiger partial charge in [0.15, 0.2) is 5.78 Å². The summed E-state index contributed by atoms with van der Waals surface area (Å²) in [6, 6.07) is 7.66. The highest BCUT2D eigenvalue weighted by atomic mass is 32.2. The number of ketones is 1. The zero-order valence-corrected chi connectivity index (χ0v) is 19.7. The highest BCUT2D eigenvalue weighted by Gasteiger charge is 2.05. The number of Topliss-reactive ketones (excluding diaryl/α,β-unsaturated/α-hetero) is 1. The molecule has 28 heavy (non-hydrogen) atoms. The summed E-state index contributed by atoms with van der Waals surface area (Å²) in [7, 11) is 1.57. The van der Waals surface area contributed by atoms with Gasteiger partial charge < -0.3 is 9.47 Å². The lowest BCUT2D eigenvalue weighted by molar-refractivity contribution is 0.0996. The third kappa shape index (κ3) is 10.4. The lowest BCUT2D eigenvalue weighted by Gasteiger charge is -2.05. The molecule has 0 amide bonds. The number of ether oxygens (including phenoxy) is 2. The second kappa shape index (κ2) is 14.8. The molecule has 7 heteroatoms. The Morgan fingerprint density at radius 1 is 1.11 bits per heavy atom. The minimum Gasteiger partial charge on any atom is -0.482 e. The molecule has 0 saturated carbocycles. The van der Waals surface area contributed by atoms with E-state index in [2.05, 4.69) is 13.0 Å². The van der Waals surface area contributed by atoms with Crippen molar-refractivity contribution in [1.82, 2.24) is 0 Å². The zero-order valence-electron chi connectivity index (χ0n) is 16.4. The van der Waals surface area contributed by atoms with Crippen LogP contribution in [0.4, 0.5) is 0 Å².